The average molecular weight is 364 g/mol. The minimum Gasteiger partial charge on any atom is -0.368 e. The summed E-state index contributed by atoms with van der Waals surface area (Å²) in [6, 6.07) is 8.28. The summed E-state index contributed by atoms with van der Waals surface area (Å²) in [5.41, 5.74) is 2.83. The van der Waals surface area contributed by atoms with Crippen LogP contribution in [0.2, 0.25) is 0 Å². The largest absolute Gasteiger partial charge is 0.368 e. The molecule has 2 aromatic heterocycles. The lowest BCUT2D eigenvalue weighted by Crippen LogP contribution is -2.47. The number of fused-ring (bicyclic) bond motifs is 1. The number of piperazine rings is 1. The summed E-state index contributed by atoms with van der Waals surface area (Å²) in [4.78, 5) is 28.5. The van der Waals surface area contributed by atoms with Gasteiger partial charge in [0.15, 0.2) is 0 Å². The quantitative estimate of drug-likeness (QED) is 0.724. The fourth-order valence-electron chi connectivity index (χ4n) is 3.36. The summed E-state index contributed by atoms with van der Waals surface area (Å²) >= 11 is 0. The molecule has 3 heterocycles. The van der Waals surface area contributed by atoms with Gasteiger partial charge in [0.1, 0.15) is 11.5 Å². The molecule has 2 N–H and O–H groups in total. The molecule has 1 saturated heterocycles. The zero-order chi connectivity index (χ0) is 18.6. The molecule has 0 bridgehead atoms. The van der Waals surface area contributed by atoms with E-state index in [-0.39, 0.29) is 5.91 Å². The zero-order valence-corrected chi connectivity index (χ0v) is 15.5. The van der Waals surface area contributed by atoms with Crippen LogP contribution in [0, 0.1) is 0 Å². The van der Waals surface area contributed by atoms with Gasteiger partial charge in [-0.25, -0.2) is 9.97 Å². The van der Waals surface area contributed by atoms with Gasteiger partial charge in [0.2, 0.25) is 0 Å². The molecule has 0 spiro atoms. The lowest BCUT2D eigenvalue weighted by Gasteiger charge is -2.32. The Hall–Kier alpha value is -2.93. The molecule has 0 atom stereocenters. The molecule has 3 aromatic rings. The first-order chi connectivity index (χ1) is 13.2. The second kappa shape index (κ2) is 7.75. The van der Waals surface area contributed by atoms with Crippen LogP contribution >= 0.6 is 0 Å². The van der Waals surface area contributed by atoms with Gasteiger partial charge < -0.3 is 20.1 Å². The van der Waals surface area contributed by atoms with E-state index in [2.05, 4.69) is 56.6 Å². The number of rotatable bonds is 5. The van der Waals surface area contributed by atoms with Crippen molar-refractivity contribution in [2.75, 3.05) is 45.1 Å². The van der Waals surface area contributed by atoms with E-state index in [1.807, 2.05) is 11.0 Å². The van der Waals surface area contributed by atoms with Gasteiger partial charge in [-0.15, -0.1) is 0 Å². The lowest BCUT2D eigenvalue weighted by atomic mass is 10.1. The Kier molecular flexibility index (Phi) is 5.02. The van der Waals surface area contributed by atoms with Gasteiger partial charge in [-0.05, 0) is 25.1 Å². The summed E-state index contributed by atoms with van der Waals surface area (Å²) in [5, 5.41) is 4.53. The number of nitrogens with zero attached hydrogens (tertiary/aromatic N) is 4. The van der Waals surface area contributed by atoms with E-state index in [1.165, 1.54) is 10.9 Å². The third-order valence-electron chi connectivity index (χ3n) is 5.04. The van der Waals surface area contributed by atoms with E-state index >= 15 is 0 Å². The van der Waals surface area contributed by atoms with Crippen molar-refractivity contribution in [2.45, 2.75) is 6.42 Å². The minimum absolute atomic E-state index is 0.0408. The van der Waals surface area contributed by atoms with E-state index < -0.39 is 0 Å². The van der Waals surface area contributed by atoms with Gasteiger partial charge in [0.05, 0.1) is 12.4 Å². The molecule has 1 amide bonds. The maximum Gasteiger partial charge on any atom is 0.274 e. The van der Waals surface area contributed by atoms with Crippen molar-refractivity contribution in [3.8, 4) is 0 Å². The van der Waals surface area contributed by atoms with Gasteiger partial charge in [0, 0.05) is 49.8 Å². The van der Waals surface area contributed by atoms with Crippen LogP contribution in [0.4, 0.5) is 5.82 Å². The standard InChI is InChI=1S/C20H24N6O/c1-25-8-10-26(11-9-25)20(27)18-13-24-19(14-23-18)21-7-6-15-12-22-17-5-3-2-4-16(15)17/h2-5,12-14,22H,6-11H2,1H3,(H,21,24). The monoisotopic (exact) mass is 364 g/mol. The Bertz CT molecular complexity index is 912. The highest BCUT2D eigenvalue weighted by Gasteiger charge is 2.21. The lowest BCUT2D eigenvalue weighted by molar-refractivity contribution is 0.0658. The van der Waals surface area contributed by atoms with E-state index in [1.54, 1.807) is 12.4 Å². The number of aromatic nitrogens is 3. The maximum absolute atomic E-state index is 12.5. The predicted octanol–water partition coefficient (Wildman–Crippen LogP) is 2.00. The Morgan fingerprint density at radius 2 is 1.96 bits per heavy atom. The molecule has 1 aromatic carbocycles. The number of anilines is 1. The molecular weight excluding hydrogens is 340 g/mol. The topological polar surface area (TPSA) is 77.1 Å². The van der Waals surface area contributed by atoms with Crippen LogP contribution in [0.15, 0.2) is 42.9 Å². The number of carbonyl (C=O) groups excluding carboxylic acids is 1. The highest BCUT2D eigenvalue weighted by molar-refractivity contribution is 5.92. The summed E-state index contributed by atoms with van der Waals surface area (Å²) in [6.45, 7) is 4.02. The molecule has 0 saturated carbocycles. The second-order valence-electron chi connectivity index (χ2n) is 6.92. The number of para-hydroxylation sites is 1. The molecule has 0 radical (unpaired) electrons. The maximum atomic E-state index is 12.5. The Morgan fingerprint density at radius 3 is 2.74 bits per heavy atom. The normalized spacial score (nSPS) is 15.2. The molecule has 0 unspecified atom stereocenters. The molecule has 7 heteroatoms. The number of amides is 1. The van der Waals surface area contributed by atoms with Crippen LogP contribution in [0.1, 0.15) is 16.1 Å². The van der Waals surface area contributed by atoms with Crippen molar-refractivity contribution in [2.24, 2.45) is 0 Å². The van der Waals surface area contributed by atoms with Crippen LogP contribution in [-0.4, -0.2) is 70.4 Å². The molecule has 1 aliphatic heterocycles. The first kappa shape index (κ1) is 17.5. The summed E-state index contributed by atoms with van der Waals surface area (Å²) in [6.07, 6.45) is 6.14. The molecule has 0 aliphatic carbocycles. The number of H-pyrrole nitrogens is 1. The number of hydrogen-bond acceptors (Lipinski definition) is 5. The SMILES string of the molecule is CN1CCN(C(=O)c2cnc(NCCc3c[nH]c4ccccc34)cn2)CC1. The van der Waals surface area contributed by atoms with E-state index in [4.69, 9.17) is 0 Å². The van der Waals surface area contributed by atoms with Crippen molar-refractivity contribution in [3.05, 3.63) is 54.1 Å². The highest BCUT2D eigenvalue weighted by atomic mass is 16.2. The summed E-state index contributed by atoms with van der Waals surface area (Å²) in [7, 11) is 2.07. The van der Waals surface area contributed by atoms with Gasteiger partial charge in [-0.1, -0.05) is 18.2 Å². The molecule has 4 rings (SSSR count). The van der Waals surface area contributed by atoms with E-state index in [0.29, 0.717) is 11.5 Å². The molecule has 140 valence electrons. The van der Waals surface area contributed by atoms with Gasteiger partial charge in [-0.2, -0.15) is 0 Å². The van der Waals surface area contributed by atoms with Crippen molar-refractivity contribution in [1.29, 1.82) is 0 Å². The van der Waals surface area contributed by atoms with Crippen molar-refractivity contribution in [3.63, 3.8) is 0 Å². The Balaban J connectivity index is 1.32. The number of carbonyl (C=O) groups is 1. The van der Waals surface area contributed by atoms with Crippen LogP contribution in [-0.2, 0) is 6.42 Å². The number of hydrogen-bond donors (Lipinski definition) is 2. The second-order valence-corrected chi connectivity index (χ2v) is 6.92. The highest BCUT2D eigenvalue weighted by Crippen LogP contribution is 2.18. The fourth-order valence-corrected chi connectivity index (χ4v) is 3.36. The Labute approximate surface area is 158 Å². The third-order valence-corrected chi connectivity index (χ3v) is 5.04. The van der Waals surface area contributed by atoms with Gasteiger partial charge >= 0.3 is 0 Å². The van der Waals surface area contributed by atoms with Crippen molar-refractivity contribution < 1.29 is 4.79 Å². The third kappa shape index (κ3) is 3.93. The van der Waals surface area contributed by atoms with E-state index in [0.717, 1.165) is 44.7 Å². The molecule has 1 fully saturated rings. The van der Waals surface area contributed by atoms with Crippen LogP contribution < -0.4 is 5.32 Å². The number of aromatic amines is 1. The van der Waals surface area contributed by atoms with Crippen molar-refractivity contribution >= 4 is 22.6 Å². The number of likely N-dealkylation sites (N-methyl/N-ethyl adjacent to an activating group) is 1. The number of benzene rings is 1. The van der Waals surface area contributed by atoms with Gasteiger partial charge in [0.25, 0.3) is 5.91 Å². The first-order valence-corrected chi connectivity index (χ1v) is 9.29. The minimum atomic E-state index is -0.0408. The molecule has 7 nitrogen and oxygen atoms in total. The predicted molar refractivity (Wildman–Crippen MR) is 106 cm³/mol. The Morgan fingerprint density at radius 1 is 1.15 bits per heavy atom. The summed E-state index contributed by atoms with van der Waals surface area (Å²) in [5.74, 6) is 0.644. The van der Waals surface area contributed by atoms with Crippen LogP contribution in [0.3, 0.4) is 0 Å². The van der Waals surface area contributed by atoms with Crippen molar-refractivity contribution in [1.82, 2.24) is 24.8 Å². The molecular formula is C20H24N6O. The number of nitrogens with one attached hydrogen (secondary N) is 2. The fraction of sp³-hybridized carbons (Fsp3) is 0.350. The van der Waals surface area contributed by atoms with Gasteiger partial charge in [-0.3, -0.25) is 4.79 Å². The molecule has 1 aliphatic rings. The summed E-state index contributed by atoms with van der Waals surface area (Å²) < 4.78 is 0. The molecule has 27 heavy (non-hydrogen) atoms. The van der Waals surface area contributed by atoms with Crippen LogP contribution in [0.5, 0.6) is 0 Å². The van der Waals surface area contributed by atoms with E-state index in [9.17, 15) is 4.79 Å². The average Bonchev–Trinajstić information content (AvgIpc) is 3.12. The smallest absolute Gasteiger partial charge is 0.274 e. The van der Waals surface area contributed by atoms with Crippen LogP contribution in [0.25, 0.3) is 10.9 Å². The zero-order valence-electron chi connectivity index (χ0n) is 15.5. The first-order valence-electron chi connectivity index (χ1n) is 9.29.